The van der Waals surface area contributed by atoms with E-state index in [0.29, 0.717) is 0 Å². The molecule has 0 saturated heterocycles. The first-order valence-corrected chi connectivity index (χ1v) is 7.10. The van der Waals surface area contributed by atoms with Gasteiger partial charge in [-0.05, 0) is 0 Å². The van der Waals surface area contributed by atoms with Crippen molar-refractivity contribution >= 4 is 33.2 Å². The Labute approximate surface area is 151 Å². The van der Waals surface area contributed by atoms with Crippen molar-refractivity contribution in [3.05, 3.63) is 109 Å². The fourth-order valence-electron chi connectivity index (χ4n) is 1.15. The van der Waals surface area contributed by atoms with Crippen LogP contribution >= 0.6 is 33.2 Å². The monoisotopic (exact) mass is 369 g/mol. The third-order valence-corrected chi connectivity index (χ3v) is 2.00. The van der Waals surface area contributed by atoms with Gasteiger partial charge in [0.05, 0.1) is 0 Å². The molecule has 0 aliphatic carbocycles. The molecular formula is C18H20Cl2O2P+. The van der Waals surface area contributed by atoms with Gasteiger partial charge in [-0.25, -0.2) is 0 Å². The van der Waals surface area contributed by atoms with E-state index in [9.17, 15) is 0 Å². The second-order valence-corrected chi connectivity index (χ2v) is 3.69. The molecule has 0 amide bonds. The molecule has 0 radical (unpaired) electrons. The molecule has 0 aromatic heterocycles. The minimum atomic E-state index is -1.08. The van der Waals surface area contributed by atoms with Crippen LogP contribution in [0.25, 0.3) is 0 Å². The summed E-state index contributed by atoms with van der Waals surface area (Å²) >= 11 is 0. The first-order valence-electron chi connectivity index (χ1n) is 6.37. The fourth-order valence-corrected chi connectivity index (χ4v) is 1.15. The van der Waals surface area contributed by atoms with E-state index in [2.05, 4.69) is 0 Å². The smallest absolute Gasteiger partial charge is 0.0623 e. The molecule has 0 N–H and O–H groups in total. The van der Waals surface area contributed by atoms with Crippen LogP contribution in [0.5, 0.6) is 0 Å². The van der Waals surface area contributed by atoms with Gasteiger partial charge in [-0.1, -0.05) is 109 Å². The normalized spacial score (nSPS) is 6.61. The van der Waals surface area contributed by atoms with Crippen LogP contribution in [0.15, 0.2) is 109 Å². The Morgan fingerprint density at radius 2 is 0.348 bits per heavy atom. The van der Waals surface area contributed by atoms with Gasteiger partial charge in [0.25, 0.3) is 0 Å². The minimum absolute atomic E-state index is 0. The van der Waals surface area contributed by atoms with Crippen molar-refractivity contribution in [1.82, 2.24) is 0 Å². The zero-order valence-electron chi connectivity index (χ0n) is 12.5. The van der Waals surface area contributed by atoms with Gasteiger partial charge >= 0.3 is 17.5 Å². The number of benzene rings is 3. The molecule has 3 aromatic carbocycles. The first kappa shape index (κ1) is 26.2. The van der Waals surface area contributed by atoms with E-state index in [-0.39, 0.29) is 24.8 Å². The molecule has 0 unspecified atom stereocenters. The zero-order valence-corrected chi connectivity index (χ0v) is 15.0. The van der Waals surface area contributed by atoms with Gasteiger partial charge in [0, 0.05) is 0 Å². The SMILES string of the molecule is Cl.Cl.O=[P+]=O.c1ccccc1.c1ccccc1.c1ccccc1. The molecule has 122 valence electrons. The Morgan fingerprint density at radius 3 is 0.391 bits per heavy atom. The van der Waals surface area contributed by atoms with Crippen LogP contribution in [0.3, 0.4) is 0 Å². The summed E-state index contributed by atoms with van der Waals surface area (Å²) < 4.78 is 16.7. The first-order chi connectivity index (χ1) is 10.4. The molecule has 0 bridgehead atoms. The van der Waals surface area contributed by atoms with Crippen LogP contribution in [0.4, 0.5) is 0 Å². The molecule has 5 heteroatoms. The van der Waals surface area contributed by atoms with Crippen molar-refractivity contribution in [2.75, 3.05) is 0 Å². The van der Waals surface area contributed by atoms with Gasteiger partial charge in [0.1, 0.15) is 0 Å². The van der Waals surface area contributed by atoms with Crippen molar-refractivity contribution in [3.63, 3.8) is 0 Å². The summed E-state index contributed by atoms with van der Waals surface area (Å²) in [6, 6.07) is 36.0. The van der Waals surface area contributed by atoms with Crippen molar-refractivity contribution in [2.45, 2.75) is 0 Å². The fraction of sp³-hybridized carbons (Fsp3) is 0. The van der Waals surface area contributed by atoms with Crippen LogP contribution in [0.2, 0.25) is 0 Å². The molecule has 0 aliphatic heterocycles. The molecular weight excluding hydrogens is 350 g/mol. The van der Waals surface area contributed by atoms with E-state index in [0.717, 1.165) is 0 Å². The number of hydrogen-bond acceptors (Lipinski definition) is 2. The second-order valence-electron chi connectivity index (χ2n) is 3.54. The Balaban J connectivity index is -0.000000232. The maximum Gasteiger partial charge on any atom is -0.0623 e. The van der Waals surface area contributed by atoms with E-state index in [1.807, 2.05) is 109 Å². The maximum atomic E-state index is 8.35. The second kappa shape index (κ2) is 25.2. The van der Waals surface area contributed by atoms with Crippen molar-refractivity contribution in [1.29, 1.82) is 0 Å². The summed E-state index contributed by atoms with van der Waals surface area (Å²) in [5.41, 5.74) is 0. The van der Waals surface area contributed by atoms with Gasteiger partial charge in [-0.2, -0.15) is 0 Å². The van der Waals surface area contributed by atoms with Crippen LogP contribution in [-0.4, -0.2) is 0 Å². The zero-order chi connectivity index (χ0) is 15.4. The topological polar surface area (TPSA) is 34.1 Å². The Kier molecular flexibility index (Phi) is 28.7. The van der Waals surface area contributed by atoms with E-state index >= 15 is 0 Å². The summed E-state index contributed by atoms with van der Waals surface area (Å²) in [6.45, 7) is 0. The summed E-state index contributed by atoms with van der Waals surface area (Å²) in [7, 11) is -1.08. The number of halogens is 2. The van der Waals surface area contributed by atoms with E-state index < -0.39 is 8.34 Å². The van der Waals surface area contributed by atoms with Gasteiger partial charge in [0.2, 0.25) is 0 Å². The third kappa shape index (κ3) is 25.6. The standard InChI is InChI=1S/3C6H6.2ClH.O2P/c3*1-2-4-6-5-3-1;;;1-3-2/h3*1-6H;2*1H;/q;;;;;+1. The summed E-state index contributed by atoms with van der Waals surface area (Å²) in [6.07, 6.45) is 0. The molecule has 0 aliphatic rings. The Morgan fingerprint density at radius 1 is 0.304 bits per heavy atom. The summed E-state index contributed by atoms with van der Waals surface area (Å²) in [5, 5.41) is 0. The maximum absolute atomic E-state index is 8.35. The quantitative estimate of drug-likeness (QED) is 0.422. The average Bonchev–Trinajstić information content (AvgIpc) is 2.61. The molecule has 3 aromatic rings. The summed E-state index contributed by atoms with van der Waals surface area (Å²) in [5.74, 6) is 0. The van der Waals surface area contributed by atoms with Gasteiger partial charge in [-0.15, -0.1) is 24.8 Å². The van der Waals surface area contributed by atoms with E-state index in [1.165, 1.54) is 0 Å². The minimum Gasteiger partial charge on any atom is -0.0623 e. The number of hydrogen-bond donors (Lipinski definition) is 0. The van der Waals surface area contributed by atoms with Crippen molar-refractivity contribution in [2.24, 2.45) is 0 Å². The van der Waals surface area contributed by atoms with Crippen molar-refractivity contribution in [3.8, 4) is 0 Å². The average molecular weight is 370 g/mol. The molecule has 0 heterocycles. The molecule has 0 spiro atoms. The van der Waals surface area contributed by atoms with Crippen molar-refractivity contribution < 1.29 is 9.13 Å². The van der Waals surface area contributed by atoms with Gasteiger partial charge in [-0.3, -0.25) is 0 Å². The Hall–Kier alpha value is -1.73. The van der Waals surface area contributed by atoms with E-state index in [4.69, 9.17) is 9.13 Å². The molecule has 0 atom stereocenters. The molecule has 23 heavy (non-hydrogen) atoms. The Bertz CT molecular complexity index is 391. The van der Waals surface area contributed by atoms with Gasteiger partial charge < -0.3 is 0 Å². The van der Waals surface area contributed by atoms with Gasteiger partial charge in [0.15, 0.2) is 0 Å². The van der Waals surface area contributed by atoms with Crippen LogP contribution in [-0.2, 0) is 9.13 Å². The third-order valence-electron chi connectivity index (χ3n) is 2.00. The largest absolute Gasteiger partial charge is 0.0623 e. The predicted octanol–water partition coefficient (Wildman–Crippen LogP) is 6.53. The number of rotatable bonds is 0. The molecule has 2 nitrogen and oxygen atoms in total. The van der Waals surface area contributed by atoms with E-state index in [1.54, 1.807) is 0 Å². The van der Waals surface area contributed by atoms with Crippen LogP contribution < -0.4 is 0 Å². The van der Waals surface area contributed by atoms with Crippen LogP contribution in [0, 0.1) is 0 Å². The summed E-state index contributed by atoms with van der Waals surface area (Å²) in [4.78, 5) is 0. The molecule has 3 rings (SSSR count). The predicted molar refractivity (Wildman–Crippen MR) is 102 cm³/mol. The van der Waals surface area contributed by atoms with Crippen LogP contribution in [0.1, 0.15) is 0 Å². The molecule has 0 saturated carbocycles. The molecule has 0 fully saturated rings.